The van der Waals surface area contributed by atoms with Crippen molar-refractivity contribution in [3.05, 3.63) is 23.2 Å². The molecule has 0 amide bonds. The van der Waals surface area contributed by atoms with Crippen molar-refractivity contribution in [2.75, 3.05) is 5.32 Å². The SMILES string of the molecule is Cc1nc2ccc(NC(C)C3CCCC3)cc2s1. The number of nitrogens with one attached hydrogen (secondary N) is 1. The third-order valence-electron chi connectivity index (χ3n) is 4.00. The predicted molar refractivity (Wildman–Crippen MR) is 79.4 cm³/mol. The van der Waals surface area contributed by atoms with Crippen molar-refractivity contribution in [2.45, 2.75) is 45.6 Å². The first-order valence-electron chi connectivity index (χ1n) is 6.86. The van der Waals surface area contributed by atoms with E-state index in [0.717, 1.165) is 16.4 Å². The highest BCUT2D eigenvalue weighted by Gasteiger charge is 2.21. The average Bonchev–Trinajstić information content (AvgIpc) is 2.95. The fraction of sp³-hybridized carbons (Fsp3) is 0.533. The third kappa shape index (κ3) is 2.37. The van der Waals surface area contributed by atoms with Gasteiger partial charge in [0.15, 0.2) is 0 Å². The molecule has 1 atom stereocenters. The van der Waals surface area contributed by atoms with Crippen molar-refractivity contribution in [2.24, 2.45) is 5.92 Å². The zero-order valence-corrected chi connectivity index (χ0v) is 11.9. The molecular weight excluding hydrogens is 240 g/mol. The molecule has 3 rings (SSSR count). The largest absolute Gasteiger partial charge is 0.382 e. The van der Waals surface area contributed by atoms with Gasteiger partial charge >= 0.3 is 0 Å². The summed E-state index contributed by atoms with van der Waals surface area (Å²) in [5.74, 6) is 0.851. The van der Waals surface area contributed by atoms with Crippen LogP contribution in [0.1, 0.15) is 37.6 Å². The number of aromatic nitrogens is 1. The molecule has 1 aromatic carbocycles. The lowest BCUT2D eigenvalue weighted by molar-refractivity contribution is 0.482. The van der Waals surface area contributed by atoms with Gasteiger partial charge in [-0.25, -0.2) is 4.98 Å². The number of fused-ring (bicyclic) bond motifs is 1. The maximum atomic E-state index is 4.50. The maximum Gasteiger partial charge on any atom is 0.0907 e. The van der Waals surface area contributed by atoms with E-state index < -0.39 is 0 Å². The van der Waals surface area contributed by atoms with E-state index in [2.05, 4.69) is 42.3 Å². The Labute approximate surface area is 112 Å². The molecule has 0 spiro atoms. The van der Waals surface area contributed by atoms with Gasteiger partial charge in [-0.2, -0.15) is 0 Å². The molecule has 1 aromatic heterocycles. The molecule has 96 valence electrons. The second kappa shape index (κ2) is 4.88. The monoisotopic (exact) mass is 260 g/mol. The van der Waals surface area contributed by atoms with E-state index in [0.29, 0.717) is 6.04 Å². The third-order valence-corrected chi connectivity index (χ3v) is 4.93. The van der Waals surface area contributed by atoms with Crippen molar-refractivity contribution >= 4 is 27.2 Å². The molecule has 1 heterocycles. The summed E-state index contributed by atoms with van der Waals surface area (Å²) in [7, 11) is 0. The Morgan fingerprint density at radius 3 is 2.89 bits per heavy atom. The van der Waals surface area contributed by atoms with E-state index in [-0.39, 0.29) is 0 Å². The Balaban J connectivity index is 1.77. The van der Waals surface area contributed by atoms with Crippen LogP contribution in [0.4, 0.5) is 5.69 Å². The number of hydrogen-bond donors (Lipinski definition) is 1. The second-order valence-electron chi connectivity index (χ2n) is 5.39. The van der Waals surface area contributed by atoms with E-state index in [4.69, 9.17) is 0 Å². The van der Waals surface area contributed by atoms with E-state index >= 15 is 0 Å². The summed E-state index contributed by atoms with van der Waals surface area (Å²) >= 11 is 1.77. The lowest BCUT2D eigenvalue weighted by atomic mass is 9.99. The highest BCUT2D eigenvalue weighted by molar-refractivity contribution is 7.18. The first kappa shape index (κ1) is 12.0. The van der Waals surface area contributed by atoms with Crippen molar-refractivity contribution in [1.29, 1.82) is 0 Å². The molecule has 0 bridgehead atoms. The van der Waals surface area contributed by atoms with Crippen LogP contribution in [0, 0.1) is 12.8 Å². The van der Waals surface area contributed by atoms with Crippen LogP contribution >= 0.6 is 11.3 Å². The molecule has 0 radical (unpaired) electrons. The molecule has 1 aliphatic carbocycles. The summed E-state index contributed by atoms with van der Waals surface area (Å²) in [5.41, 5.74) is 2.36. The summed E-state index contributed by atoms with van der Waals surface area (Å²) in [6, 6.07) is 7.11. The topological polar surface area (TPSA) is 24.9 Å². The van der Waals surface area contributed by atoms with Gasteiger partial charge in [-0.1, -0.05) is 12.8 Å². The highest BCUT2D eigenvalue weighted by atomic mass is 32.1. The van der Waals surface area contributed by atoms with Gasteiger partial charge in [0.25, 0.3) is 0 Å². The Kier molecular flexibility index (Phi) is 3.25. The van der Waals surface area contributed by atoms with Crippen LogP contribution < -0.4 is 5.32 Å². The van der Waals surface area contributed by atoms with Crippen molar-refractivity contribution in [1.82, 2.24) is 4.98 Å². The Hall–Kier alpha value is -1.09. The summed E-state index contributed by atoms with van der Waals surface area (Å²) in [6.45, 7) is 4.39. The molecule has 18 heavy (non-hydrogen) atoms. The number of benzene rings is 1. The molecule has 2 aromatic rings. The molecule has 0 aliphatic heterocycles. The van der Waals surface area contributed by atoms with Crippen molar-refractivity contribution in [3.8, 4) is 0 Å². The molecule has 0 saturated heterocycles. The van der Waals surface area contributed by atoms with Crippen LogP contribution in [-0.4, -0.2) is 11.0 Å². The minimum absolute atomic E-state index is 0.582. The molecule has 1 unspecified atom stereocenters. The van der Waals surface area contributed by atoms with Crippen LogP contribution in [-0.2, 0) is 0 Å². The molecule has 1 saturated carbocycles. The first-order chi connectivity index (χ1) is 8.72. The number of aryl methyl sites for hydroxylation is 1. The minimum Gasteiger partial charge on any atom is -0.382 e. The summed E-state index contributed by atoms with van der Waals surface area (Å²) in [4.78, 5) is 4.50. The quantitative estimate of drug-likeness (QED) is 0.872. The van der Waals surface area contributed by atoms with E-state index in [1.807, 2.05) is 0 Å². The fourth-order valence-corrected chi connectivity index (χ4v) is 3.83. The lowest BCUT2D eigenvalue weighted by Crippen LogP contribution is -2.23. The fourth-order valence-electron chi connectivity index (χ4n) is 2.97. The number of nitrogens with zero attached hydrogens (tertiary/aromatic N) is 1. The van der Waals surface area contributed by atoms with Gasteiger partial charge in [-0.3, -0.25) is 0 Å². The summed E-state index contributed by atoms with van der Waals surface area (Å²) < 4.78 is 1.29. The number of thiazole rings is 1. The van der Waals surface area contributed by atoms with Crippen LogP contribution in [0.5, 0.6) is 0 Å². The van der Waals surface area contributed by atoms with Gasteiger partial charge in [-0.05, 0) is 50.8 Å². The molecule has 1 aliphatic rings. The standard InChI is InChI=1S/C15H20N2S/c1-10(12-5-3-4-6-12)16-13-7-8-14-15(9-13)18-11(2)17-14/h7-10,12,16H,3-6H2,1-2H3. The smallest absolute Gasteiger partial charge is 0.0907 e. The normalized spacial score (nSPS) is 18.3. The minimum atomic E-state index is 0.582. The van der Waals surface area contributed by atoms with Gasteiger partial charge < -0.3 is 5.32 Å². The summed E-state index contributed by atoms with van der Waals surface area (Å²) in [6.07, 6.45) is 5.58. The summed E-state index contributed by atoms with van der Waals surface area (Å²) in [5, 5.41) is 4.81. The number of rotatable bonds is 3. The number of hydrogen-bond acceptors (Lipinski definition) is 3. The molecule has 1 fully saturated rings. The lowest BCUT2D eigenvalue weighted by Gasteiger charge is -2.21. The average molecular weight is 260 g/mol. The van der Waals surface area contributed by atoms with Crippen molar-refractivity contribution < 1.29 is 0 Å². The predicted octanol–water partition coefficient (Wildman–Crippen LogP) is 4.60. The Morgan fingerprint density at radius 2 is 2.11 bits per heavy atom. The zero-order valence-electron chi connectivity index (χ0n) is 11.1. The molecule has 1 N–H and O–H groups in total. The van der Waals surface area contributed by atoms with Crippen LogP contribution in [0.25, 0.3) is 10.2 Å². The van der Waals surface area contributed by atoms with Crippen molar-refractivity contribution in [3.63, 3.8) is 0 Å². The highest BCUT2D eigenvalue weighted by Crippen LogP contribution is 2.30. The van der Waals surface area contributed by atoms with Gasteiger partial charge in [0.1, 0.15) is 0 Å². The molecular formula is C15H20N2S. The Morgan fingerprint density at radius 1 is 1.33 bits per heavy atom. The van der Waals surface area contributed by atoms with Crippen LogP contribution in [0.3, 0.4) is 0 Å². The van der Waals surface area contributed by atoms with Gasteiger partial charge in [-0.15, -0.1) is 11.3 Å². The van der Waals surface area contributed by atoms with Gasteiger partial charge in [0, 0.05) is 11.7 Å². The molecule has 2 nitrogen and oxygen atoms in total. The maximum absolute atomic E-state index is 4.50. The zero-order chi connectivity index (χ0) is 12.5. The van der Waals surface area contributed by atoms with Gasteiger partial charge in [0.2, 0.25) is 0 Å². The van der Waals surface area contributed by atoms with Crippen LogP contribution in [0.15, 0.2) is 18.2 Å². The van der Waals surface area contributed by atoms with E-state index in [9.17, 15) is 0 Å². The van der Waals surface area contributed by atoms with Gasteiger partial charge in [0.05, 0.1) is 15.2 Å². The second-order valence-corrected chi connectivity index (χ2v) is 6.63. The van der Waals surface area contributed by atoms with E-state index in [1.54, 1.807) is 11.3 Å². The first-order valence-corrected chi connectivity index (χ1v) is 7.68. The molecule has 3 heteroatoms. The number of anilines is 1. The Bertz CT molecular complexity index is 540. The van der Waals surface area contributed by atoms with Crippen LogP contribution in [0.2, 0.25) is 0 Å². The van der Waals surface area contributed by atoms with E-state index in [1.165, 1.54) is 36.1 Å².